The van der Waals surface area contributed by atoms with Crippen LogP contribution < -0.4 is 9.47 Å². The second kappa shape index (κ2) is 10.0. The quantitative estimate of drug-likeness (QED) is 0.203. The van der Waals surface area contributed by atoms with Crippen LogP contribution in [0.5, 0.6) is 11.5 Å². The molecule has 0 bridgehead atoms. The third-order valence-electron chi connectivity index (χ3n) is 6.74. The Morgan fingerprint density at radius 1 is 1.07 bits per heavy atom. The molecule has 1 saturated carbocycles. The molecule has 204 valence electrons. The van der Waals surface area contributed by atoms with E-state index < -0.39 is 12.3 Å². The van der Waals surface area contributed by atoms with Crippen LogP contribution >= 0.6 is 11.3 Å². The molecule has 1 aliphatic carbocycles. The number of ether oxygens (including phenoxy) is 2. The molecule has 2 heterocycles. The predicted octanol–water partition coefficient (Wildman–Crippen LogP) is 8.58. The minimum atomic E-state index is -4.85. The molecule has 6 nitrogen and oxygen atoms in total. The van der Waals surface area contributed by atoms with Crippen molar-refractivity contribution in [3.8, 4) is 33.2 Å². The van der Waals surface area contributed by atoms with E-state index in [0.29, 0.717) is 17.1 Å². The number of para-hydroxylation sites is 1. The van der Waals surface area contributed by atoms with Crippen LogP contribution in [-0.2, 0) is 6.61 Å². The molecule has 0 spiro atoms. The minimum Gasteiger partial charge on any atom is -0.489 e. The van der Waals surface area contributed by atoms with Crippen molar-refractivity contribution >= 4 is 27.4 Å². The highest BCUT2D eigenvalue weighted by molar-refractivity contribution is 7.22. The maximum atomic E-state index is 13.0. The Morgan fingerprint density at radius 2 is 1.88 bits per heavy atom. The zero-order valence-electron chi connectivity index (χ0n) is 21.1. The van der Waals surface area contributed by atoms with Crippen molar-refractivity contribution in [3.05, 3.63) is 89.2 Å². The van der Waals surface area contributed by atoms with Gasteiger partial charge in [-0.1, -0.05) is 17.3 Å². The highest BCUT2D eigenvalue weighted by Crippen LogP contribution is 2.46. The Bertz CT molecular complexity index is 1740. The van der Waals surface area contributed by atoms with Gasteiger partial charge in [-0.2, -0.15) is 0 Å². The summed E-state index contributed by atoms with van der Waals surface area (Å²) in [6.07, 6.45) is -3.01. The van der Waals surface area contributed by atoms with E-state index in [4.69, 9.17) is 9.26 Å². The molecule has 0 radical (unpaired) electrons. The fraction of sp³-hybridized carbons (Fsp3) is 0.200. The van der Waals surface area contributed by atoms with Gasteiger partial charge in [0.15, 0.2) is 0 Å². The molecular formula is C30H22F3NO5S. The van der Waals surface area contributed by atoms with E-state index >= 15 is 0 Å². The second-order valence-electron chi connectivity index (χ2n) is 9.63. The van der Waals surface area contributed by atoms with E-state index in [1.165, 1.54) is 18.2 Å². The molecule has 0 unspecified atom stereocenters. The van der Waals surface area contributed by atoms with Gasteiger partial charge >= 0.3 is 12.3 Å². The first kappa shape index (κ1) is 25.9. The Kier molecular flexibility index (Phi) is 6.50. The number of alkyl halides is 3. The van der Waals surface area contributed by atoms with Crippen molar-refractivity contribution in [2.45, 2.75) is 38.7 Å². The first-order valence-corrected chi connectivity index (χ1v) is 13.3. The third-order valence-corrected chi connectivity index (χ3v) is 7.89. The first-order valence-electron chi connectivity index (χ1n) is 12.5. The molecule has 2 aromatic heterocycles. The number of benzene rings is 3. The van der Waals surface area contributed by atoms with Gasteiger partial charge in [0.1, 0.15) is 29.6 Å². The Hall–Kier alpha value is -4.31. The zero-order valence-corrected chi connectivity index (χ0v) is 21.9. The van der Waals surface area contributed by atoms with E-state index in [0.717, 1.165) is 38.9 Å². The van der Waals surface area contributed by atoms with Crippen LogP contribution in [0.3, 0.4) is 0 Å². The van der Waals surface area contributed by atoms with Gasteiger partial charge in [-0.15, -0.1) is 24.5 Å². The number of fused-ring (bicyclic) bond motifs is 1. The summed E-state index contributed by atoms with van der Waals surface area (Å²) >= 11 is 1.57. The molecule has 5 aromatic rings. The monoisotopic (exact) mass is 565 g/mol. The number of nitrogens with zero attached hydrogens (tertiary/aromatic N) is 1. The van der Waals surface area contributed by atoms with Gasteiger partial charge in [-0.3, -0.25) is 0 Å². The maximum Gasteiger partial charge on any atom is 0.573 e. The van der Waals surface area contributed by atoms with Crippen LogP contribution in [0.2, 0.25) is 0 Å². The summed E-state index contributed by atoms with van der Waals surface area (Å²) in [6.45, 7) is 2.02. The largest absolute Gasteiger partial charge is 0.573 e. The van der Waals surface area contributed by atoms with Gasteiger partial charge in [0.25, 0.3) is 0 Å². The Balaban J connectivity index is 1.27. The maximum absolute atomic E-state index is 13.0. The summed E-state index contributed by atoms with van der Waals surface area (Å²) in [6, 6.07) is 18.6. The summed E-state index contributed by atoms with van der Waals surface area (Å²) < 4.78 is 56.1. The lowest BCUT2D eigenvalue weighted by molar-refractivity contribution is -0.274. The molecule has 40 heavy (non-hydrogen) atoms. The lowest BCUT2D eigenvalue weighted by atomic mass is 10.0. The first-order chi connectivity index (χ1) is 19.2. The van der Waals surface area contributed by atoms with Crippen LogP contribution in [0.15, 0.2) is 71.3 Å². The molecule has 10 heteroatoms. The van der Waals surface area contributed by atoms with E-state index in [1.54, 1.807) is 29.5 Å². The third kappa shape index (κ3) is 5.27. The highest BCUT2D eigenvalue weighted by atomic mass is 32.1. The lowest BCUT2D eigenvalue weighted by Gasteiger charge is -2.13. The number of hydrogen-bond donors (Lipinski definition) is 1. The number of rotatable bonds is 8. The van der Waals surface area contributed by atoms with E-state index in [1.807, 2.05) is 37.3 Å². The minimum absolute atomic E-state index is 0.0602. The molecule has 0 saturated heterocycles. The summed E-state index contributed by atoms with van der Waals surface area (Å²) in [5.41, 5.74) is 3.23. The van der Waals surface area contributed by atoms with Crippen LogP contribution in [0.4, 0.5) is 13.2 Å². The highest BCUT2D eigenvalue weighted by Gasteiger charge is 2.35. The van der Waals surface area contributed by atoms with Crippen molar-refractivity contribution in [2.75, 3.05) is 0 Å². The molecule has 3 aromatic carbocycles. The molecule has 1 fully saturated rings. The molecule has 0 aliphatic heterocycles. The normalized spacial score (nSPS) is 13.5. The van der Waals surface area contributed by atoms with Gasteiger partial charge < -0.3 is 19.1 Å². The van der Waals surface area contributed by atoms with Gasteiger partial charge in [0, 0.05) is 21.1 Å². The van der Waals surface area contributed by atoms with Crippen molar-refractivity contribution in [1.82, 2.24) is 5.16 Å². The summed E-state index contributed by atoms with van der Waals surface area (Å²) in [5, 5.41) is 14.3. The fourth-order valence-corrected chi connectivity index (χ4v) is 5.82. The average molecular weight is 566 g/mol. The number of carbonyl (C=O) groups is 1. The van der Waals surface area contributed by atoms with Crippen LogP contribution in [0, 0.1) is 6.92 Å². The van der Waals surface area contributed by atoms with Crippen molar-refractivity contribution < 1.29 is 37.1 Å². The Labute approximate surface area is 230 Å². The summed E-state index contributed by atoms with van der Waals surface area (Å²) in [4.78, 5) is 12.3. The predicted molar refractivity (Wildman–Crippen MR) is 144 cm³/mol. The van der Waals surface area contributed by atoms with E-state index in [-0.39, 0.29) is 35.1 Å². The van der Waals surface area contributed by atoms with Crippen LogP contribution in [0.1, 0.15) is 46.0 Å². The molecule has 6 rings (SSSR count). The number of thiophene rings is 1. The van der Waals surface area contributed by atoms with E-state index in [2.05, 4.69) is 9.89 Å². The number of carboxylic acid groups (broad SMARTS) is 1. The van der Waals surface area contributed by atoms with Crippen molar-refractivity contribution in [1.29, 1.82) is 0 Å². The second-order valence-corrected chi connectivity index (χ2v) is 10.7. The van der Waals surface area contributed by atoms with Crippen molar-refractivity contribution in [2.24, 2.45) is 0 Å². The SMILES string of the molecule is Cc1cc(OCc2c(-c3ccccc3OC(F)(F)F)noc2C2CC2)ccc1-c1cc2cc(C(=O)O)ccc2s1. The number of aryl methyl sites for hydroxylation is 1. The molecule has 1 N–H and O–H groups in total. The zero-order chi connectivity index (χ0) is 28.0. The van der Waals surface area contributed by atoms with Gasteiger partial charge in [0.2, 0.25) is 0 Å². The molecule has 0 atom stereocenters. The standard InChI is InChI=1S/C30H22F3NO5S/c1-16-12-20(9-10-21(16)26-14-19-13-18(29(35)36)8-11-25(19)40-26)37-15-23-27(34-39-28(23)17-6-7-17)22-4-2-3-5-24(22)38-30(31,32)33/h2-5,8-14,17H,6-7,15H2,1H3,(H,35,36). The smallest absolute Gasteiger partial charge is 0.489 e. The van der Waals surface area contributed by atoms with Crippen LogP contribution in [-0.4, -0.2) is 22.6 Å². The Morgan fingerprint density at radius 3 is 2.60 bits per heavy atom. The van der Waals surface area contributed by atoms with Gasteiger partial charge in [-0.05, 0) is 90.9 Å². The van der Waals surface area contributed by atoms with Gasteiger partial charge in [0.05, 0.1) is 11.1 Å². The number of aromatic nitrogens is 1. The lowest BCUT2D eigenvalue weighted by Crippen LogP contribution is -2.17. The molecule has 1 aliphatic rings. The van der Waals surface area contributed by atoms with Crippen molar-refractivity contribution in [3.63, 3.8) is 0 Å². The van der Waals surface area contributed by atoms with Gasteiger partial charge in [-0.25, -0.2) is 4.79 Å². The van der Waals surface area contributed by atoms with Crippen LogP contribution in [0.25, 0.3) is 31.8 Å². The topological polar surface area (TPSA) is 81.8 Å². The summed E-state index contributed by atoms with van der Waals surface area (Å²) in [7, 11) is 0. The average Bonchev–Trinajstić information content (AvgIpc) is 3.52. The number of hydrogen-bond acceptors (Lipinski definition) is 6. The number of carboxylic acids is 1. The fourth-order valence-electron chi connectivity index (χ4n) is 4.68. The molecule has 0 amide bonds. The summed E-state index contributed by atoms with van der Waals surface area (Å²) in [5.74, 6) is 0.0464. The number of aromatic carboxylic acids is 1. The van der Waals surface area contributed by atoms with E-state index in [9.17, 15) is 23.1 Å². The number of halogens is 3. The molecular weight excluding hydrogens is 543 g/mol.